The predicted molar refractivity (Wildman–Crippen MR) is 38.8 cm³/mol. The summed E-state index contributed by atoms with van der Waals surface area (Å²) >= 11 is 0. The predicted octanol–water partition coefficient (Wildman–Crippen LogP) is -0.376. The van der Waals surface area contributed by atoms with E-state index in [1.165, 1.54) is 12.8 Å². The van der Waals surface area contributed by atoms with E-state index in [-0.39, 0.29) is 65.2 Å². The molecule has 0 aromatic rings. The first-order chi connectivity index (χ1) is 2.89. The quantitative estimate of drug-likeness (QED) is 0.448. The fourth-order valence-electron chi connectivity index (χ4n) is 0.904. The fraction of sp³-hybridized carbons (Fsp3) is 1.00. The van der Waals surface area contributed by atoms with Crippen LogP contribution in [0.25, 0.3) is 0 Å². The van der Waals surface area contributed by atoms with E-state index in [0.29, 0.717) is 0 Å². The van der Waals surface area contributed by atoms with Crippen molar-refractivity contribution >= 4 is 59.1 Å². The van der Waals surface area contributed by atoms with E-state index in [9.17, 15) is 0 Å². The maximum absolute atomic E-state index is 8.73. The van der Waals surface area contributed by atoms with Gasteiger partial charge in [0.2, 0.25) is 0 Å². The van der Waals surface area contributed by atoms with Gasteiger partial charge in [0.05, 0.1) is 6.10 Å². The van der Waals surface area contributed by atoms with Crippen molar-refractivity contribution in [3.05, 3.63) is 0 Å². The second-order valence-electron chi connectivity index (χ2n) is 1.94. The Morgan fingerprint density at radius 3 is 1.50 bits per heavy atom. The van der Waals surface area contributed by atoms with Crippen molar-refractivity contribution in [1.29, 1.82) is 0 Å². The van der Waals surface area contributed by atoms with Crippen LogP contribution < -0.4 is 0 Å². The summed E-state index contributed by atoms with van der Waals surface area (Å²) in [6.45, 7) is 0. The third kappa shape index (κ3) is 4.80. The van der Waals surface area contributed by atoms with Crippen molar-refractivity contribution in [1.82, 2.24) is 0 Å². The van der Waals surface area contributed by atoms with E-state index in [1.807, 2.05) is 0 Å². The molecule has 1 nitrogen and oxygen atoms in total. The molecule has 0 spiro atoms. The monoisotopic (exact) mass is 134 g/mol. The molecule has 0 aromatic heterocycles. The van der Waals surface area contributed by atoms with E-state index in [1.54, 1.807) is 0 Å². The normalized spacial score (nSPS) is 19.1. The van der Waals surface area contributed by atoms with Gasteiger partial charge >= 0.3 is 59.1 Å². The average molecular weight is 134 g/mol. The molecule has 3 heteroatoms. The van der Waals surface area contributed by atoms with Gasteiger partial charge in [-0.05, 0) is 12.8 Å². The summed E-state index contributed by atoms with van der Waals surface area (Å²) in [6, 6.07) is 0. The molecule has 1 fully saturated rings. The molecule has 0 aromatic carbocycles. The standard InChI is InChI=1S/C5H10O.2Na.2H/c6-5-3-1-2-4-5;;;;/h5-6H,1-4H2;;;;. The summed E-state index contributed by atoms with van der Waals surface area (Å²) in [5.74, 6) is 0. The van der Waals surface area contributed by atoms with Crippen LogP contribution in [0.1, 0.15) is 25.7 Å². The maximum atomic E-state index is 8.73. The minimum atomic E-state index is 0. The van der Waals surface area contributed by atoms with Gasteiger partial charge in [0.1, 0.15) is 0 Å². The van der Waals surface area contributed by atoms with Gasteiger partial charge < -0.3 is 5.11 Å². The molecule has 0 bridgehead atoms. The third-order valence-corrected chi connectivity index (χ3v) is 1.32. The van der Waals surface area contributed by atoms with E-state index < -0.39 is 0 Å². The molecule has 1 saturated carbocycles. The Kier molecular flexibility index (Phi) is 11.2. The van der Waals surface area contributed by atoms with Crippen LogP contribution in [0.15, 0.2) is 0 Å². The van der Waals surface area contributed by atoms with Crippen molar-refractivity contribution in [2.45, 2.75) is 31.8 Å². The second-order valence-corrected chi connectivity index (χ2v) is 1.94. The number of rotatable bonds is 0. The van der Waals surface area contributed by atoms with E-state index in [4.69, 9.17) is 5.11 Å². The summed E-state index contributed by atoms with van der Waals surface area (Å²) in [5.41, 5.74) is 0. The number of aliphatic hydroxyl groups excluding tert-OH is 1. The fourth-order valence-corrected chi connectivity index (χ4v) is 0.904. The van der Waals surface area contributed by atoms with Crippen molar-refractivity contribution in [2.75, 3.05) is 0 Å². The van der Waals surface area contributed by atoms with Gasteiger partial charge in [-0.15, -0.1) is 0 Å². The second kappa shape index (κ2) is 7.07. The first-order valence-electron chi connectivity index (χ1n) is 2.57. The van der Waals surface area contributed by atoms with E-state index in [2.05, 4.69) is 0 Å². The average Bonchev–Trinajstić information content (AvgIpc) is 1.86. The summed E-state index contributed by atoms with van der Waals surface area (Å²) < 4.78 is 0. The Balaban J connectivity index is 0. The molecule has 1 aliphatic rings. The Bertz CT molecular complexity index is 43.7. The zero-order valence-corrected chi connectivity index (χ0v) is 3.85. The number of hydrogen-bond acceptors (Lipinski definition) is 1. The molecular formula is C5H12Na2O. The first kappa shape index (κ1) is 12.6. The summed E-state index contributed by atoms with van der Waals surface area (Å²) in [6.07, 6.45) is 4.60. The number of aliphatic hydroxyl groups is 1. The van der Waals surface area contributed by atoms with Crippen LogP contribution in [-0.2, 0) is 0 Å². The SMILES string of the molecule is OC1CCCC1.[NaH].[NaH]. The molecule has 0 heterocycles. The zero-order valence-electron chi connectivity index (χ0n) is 3.85. The molecular weight excluding hydrogens is 122 g/mol. The molecule has 0 amide bonds. The van der Waals surface area contributed by atoms with Gasteiger partial charge in [-0.2, -0.15) is 0 Å². The molecule has 8 heavy (non-hydrogen) atoms. The van der Waals surface area contributed by atoms with Crippen LogP contribution >= 0.6 is 0 Å². The van der Waals surface area contributed by atoms with Gasteiger partial charge in [0.25, 0.3) is 0 Å². The van der Waals surface area contributed by atoms with Crippen LogP contribution in [0.3, 0.4) is 0 Å². The van der Waals surface area contributed by atoms with Crippen molar-refractivity contribution in [2.24, 2.45) is 0 Å². The molecule has 0 saturated heterocycles. The Hall–Kier alpha value is 1.96. The topological polar surface area (TPSA) is 20.2 Å². The van der Waals surface area contributed by atoms with Crippen LogP contribution in [0.2, 0.25) is 0 Å². The summed E-state index contributed by atoms with van der Waals surface area (Å²) in [7, 11) is 0. The van der Waals surface area contributed by atoms with E-state index in [0.717, 1.165) is 12.8 Å². The van der Waals surface area contributed by atoms with Crippen LogP contribution in [-0.4, -0.2) is 70.3 Å². The minimum absolute atomic E-state index is 0. The van der Waals surface area contributed by atoms with Crippen molar-refractivity contribution in [3.8, 4) is 0 Å². The van der Waals surface area contributed by atoms with Crippen molar-refractivity contribution in [3.63, 3.8) is 0 Å². The molecule has 0 aliphatic heterocycles. The van der Waals surface area contributed by atoms with Crippen LogP contribution in [0, 0.1) is 0 Å². The zero-order chi connectivity index (χ0) is 4.41. The Morgan fingerprint density at radius 1 is 1.00 bits per heavy atom. The molecule has 0 atom stereocenters. The van der Waals surface area contributed by atoms with E-state index >= 15 is 0 Å². The summed E-state index contributed by atoms with van der Waals surface area (Å²) in [4.78, 5) is 0. The van der Waals surface area contributed by atoms with Crippen LogP contribution in [0.4, 0.5) is 0 Å². The molecule has 0 unspecified atom stereocenters. The van der Waals surface area contributed by atoms with Gasteiger partial charge in [0.15, 0.2) is 0 Å². The van der Waals surface area contributed by atoms with Crippen LogP contribution in [0.5, 0.6) is 0 Å². The molecule has 1 N–H and O–H groups in total. The van der Waals surface area contributed by atoms with Gasteiger partial charge in [-0.1, -0.05) is 12.8 Å². The number of hydrogen-bond donors (Lipinski definition) is 1. The Labute approximate surface area is 94.8 Å². The molecule has 1 rings (SSSR count). The first-order valence-corrected chi connectivity index (χ1v) is 2.57. The van der Waals surface area contributed by atoms with Gasteiger partial charge in [0, 0.05) is 0 Å². The Morgan fingerprint density at radius 2 is 1.38 bits per heavy atom. The summed E-state index contributed by atoms with van der Waals surface area (Å²) in [5, 5.41) is 8.73. The van der Waals surface area contributed by atoms with Gasteiger partial charge in [-0.25, -0.2) is 0 Å². The molecule has 0 radical (unpaired) electrons. The molecule has 40 valence electrons. The third-order valence-electron chi connectivity index (χ3n) is 1.32. The van der Waals surface area contributed by atoms with Gasteiger partial charge in [-0.3, -0.25) is 0 Å². The van der Waals surface area contributed by atoms with Crippen molar-refractivity contribution < 1.29 is 5.11 Å². The molecule has 1 aliphatic carbocycles.